The van der Waals surface area contributed by atoms with Gasteiger partial charge in [0.05, 0.1) is 0 Å². The van der Waals surface area contributed by atoms with Crippen molar-refractivity contribution >= 4 is 10.9 Å². The average molecular weight is 209 g/mol. The predicted octanol–water partition coefficient (Wildman–Crippen LogP) is 4.23. The van der Waals surface area contributed by atoms with Crippen molar-refractivity contribution in [3.8, 4) is 0 Å². The minimum atomic E-state index is -2.40. The van der Waals surface area contributed by atoms with E-state index in [9.17, 15) is 8.78 Å². The maximum atomic E-state index is 12.5. The van der Waals surface area contributed by atoms with E-state index in [0.29, 0.717) is 5.92 Å². The summed E-state index contributed by atoms with van der Waals surface area (Å²) in [4.78, 5) is 3.09. The second kappa shape index (κ2) is 3.65. The molecule has 1 nitrogen and oxygen atoms in total. The zero-order valence-electron chi connectivity index (χ0n) is 8.72. The molecule has 0 fully saturated rings. The number of aromatic nitrogens is 1. The van der Waals surface area contributed by atoms with Crippen molar-refractivity contribution in [2.24, 2.45) is 0 Å². The van der Waals surface area contributed by atoms with Gasteiger partial charge in [0, 0.05) is 22.7 Å². The molecule has 0 saturated heterocycles. The van der Waals surface area contributed by atoms with E-state index in [1.165, 1.54) is 6.07 Å². The highest BCUT2D eigenvalue weighted by molar-refractivity contribution is 5.84. The molecule has 0 aliphatic heterocycles. The number of alkyl halides is 2. The summed E-state index contributed by atoms with van der Waals surface area (Å²) in [6, 6.07) is 4.75. The van der Waals surface area contributed by atoms with Crippen LogP contribution in [0.4, 0.5) is 8.78 Å². The SMILES string of the molecule is CC(C)c1c[nH]c2ccc(C(F)F)cc12. The van der Waals surface area contributed by atoms with Gasteiger partial charge in [-0.3, -0.25) is 0 Å². The van der Waals surface area contributed by atoms with Gasteiger partial charge >= 0.3 is 0 Å². The normalized spacial score (nSPS) is 11.9. The lowest BCUT2D eigenvalue weighted by molar-refractivity contribution is 0.151. The lowest BCUT2D eigenvalue weighted by atomic mass is 10.0. The Labute approximate surface area is 87.1 Å². The van der Waals surface area contributed by atoms with Crippen molar-refractivity contribution in [2.45, 2.75) is 26.2 Å². The van der Waals surface area contributed by atoms with Gasteiger partial charge in [-0.15, -0.1) is 0 Å². The van der Waals surface area contributed by atoms with Gasteiger partial charge in [0.1, 0.15) is 0 Å². The number of rotatable bonds is 2. The van der Waals surface area contributed by atoms with E-state index < -0.39 is 6.43 Å². The van der Waals surface area contributed by atoms with Gasteiger partial charge in [-0.1, -0.05) is 19.9 Å². The van der Waals surface area contributed by atoms with Crippen LogP contribution in [0.1, 0.15) is 37.3 Å². The summed E-state index contributed by atoms with van der Waals surface area (Å²) in [6.07, 6.45) is -0.505. The average Bonchev–Trinajstić information content (AvgIpc) is 2.59. The number of halogens is 2. The van der Waals surface area contributed by atoms with E-state index in [-0.39, 0.29) is 5.56 Å². The Kier molecular flexibility index (Phi) is 2.47. The molecule has 3 heteroatoms. The molecular weight excluding hydrogens is 196 g/mol. The molecule has 0 amide bonds. The molecule has 0 bridgehead atoms. The van der Waals surface area contributed by atoms with Crippen LogP contribution >= 0.6 is 0 Å². The first-order chi connectivity index (χ1) is 7.09. The molecule has 1 N–H and O–H groups in total. The Morgan fingerprint density at radius 1 is 1.20 bits per heavy atom. The van der Waals surface area contributed by atoms with Gasteiger partial charge in [0.25, 0.3) is 6.43 Å². The maximum absolute atomic E-state index is 12.5. The van der Waals surface area contributed by atoms with Gasteiger partial charge in [-0.05, 0) is 23.6 Å². The molecule has 0 aliphatic rings. The van der Waals surface area contributed by atoms with Crippen LogP contribution in [-0.4, -0.2) is 4.98 Å². The number of hydrogen-bond donors (Lipinski definition) is 1. The molecule has 2 aromatic rings. The van der Waals surface area contributed by atoms with Crippen LogP contribution in [0.25, 0.3) is 10.9 Å². The highest BCUT2D eigenvalue weighted by Crippen LogP contribution is 2.29. The summed E-state index contributed by atoms with van der Waals surface area (Å²) in [5.74, 6) is 0.340. The first-order valence-electron chi connectivity index (χ1n) is 4.98. The fourth-order valence-corrected chi connectivity index (χ4v) is 1.77. The summed E-state index contributed by atoms with van der Waals surface area (Å²) in [6.45, 7) is 4.11. The summed E-state index contributed by atoms with van der Waals surface area (Å²) in [5.41, 5.74) is 2.10. The molecule has 15 heavy (non-hydrogen) atoms. The van der Waals surface area contributed by atoms with Crippen molar-refractivity contribution in [3.63, 3.8) is 0 Å². The fraction of sp³-hybridized carbons (Fsp3) is 0.333. The smallest absolute Gasteiger partial charge is 0.263 e. The molecule has 2 rings (SSSR count). The molecule has 1 aromatic heterocycles. The zero-order chi connectivity index (χ0) is 11.0. The van der Waals surface area contributed by atoms with E-state index in [4.69, 9.17) is 0 Å². The second-order valence-electron chi connectivity index (χ2n) is 4.00. The molecule has 0 atom stereocenters. The highest BCUT2D eigenvalue weighted by atomic mass is 19.3. The van der Waals surface area contributed by atoms with Crippen LogP contribution in [0.2, 0.25) is 0 Å². The van der Waals surface area contributed by atoms with E-state index in [1.807, 2.05) is 6.20 Å². The van der Waals surface area contributed by atoms with E-state index in [0.717, 1.165) is 16.5 Å². The number of fused-ring (bicyclic) bond motifs is 1. The summed E-state index contributed by atoms with van der Waals surface area (Å²) < 4.78 is 25.0. The molecular formula is C12H13F2N. The number of aromatic amines is 1. The summed E-state index contributed by atoms with van der Waals surface area (Å²) in [7, 11) is 0. The first-order valence-corrected chi connectivity index (χ1v) is 4.98. The highest BCUT2D eigenvalue weighted by Gasteiger charge is 2.11. The minimum absolute atomic E-state index is 0.0870. The lowest BCUT2D eigenvalue weighted by Gasteiger charge is -2.04. The topological polar surface area (TPSA) is 15.8 Å². The van der Waals surface area contributed by atoms with Crippen LogP contribution in [0, 0.1) is 0 Å². The molecule has 1 heterocycles. The Morgan fingerprint density at radius 3 is 2.53 bits per heavy atom. The molecule has 0 radical (unpaired) electrons. The van der Waals surface area contributed by atoms with Crippen LogP contribution in [0.15, 0.2) is 24.4 Å². The summed E-state index contributed by atoms with van der Waals surface area (Å²) in [5, 5.41) is 0.905. The van der Waals surface area contributed by atoms with Crippen LogP contribution < -0.4 is 0 Å². The third-order valence-electron chi connectivity index (χ3n) is 2.61. The van der Waals surface area contributed by atoms with Crippen molar-refractivity contribution in [3.05, 3.63) is 35.5 Å². The predicted molar refractivity (Wildman–Crippen MR) is 57.3 cm³/mol. The monoisotopic (exact) mass is 209 g/mol. The molecule has 0 saturated carbocycles. The third kappa shape index (κ3) is 1.74. The van der Waals surface area contributed by atoms with Crippen molar-refractivity contribution in [1.82, 2.24) is 4.98 Å². The van der Waals surface area contributed by atoms with Crippen LogP contribution in [0.3, 0.4) is 0 Å². The molecule has 80 valence electrons. The van der Waals surface area contributed by atoms with Crippen molar-refractivity contribution in [2.75, 3.05) is 0 Å². The van der Waals surface area contributed by atoms with Crippen LogP contribution in [-0.2, 0) is 0 Å². The largest absolute Gasteiger partial charge is 0.361 e. The number of hydrogen-bond acceptors (Lipinski definition) is 0. The number of nitrogens with one attached hydrogen (secondary N) is 1. The Morgan fingerprint density at radius 2 is 1.93 bits per heavy atom. The minimum Gasteiger partial charge on any atom is -0.361 e. The number of H-pyrrole nitrogens is 1. The van der Waals surface area contributed by atoms with Gasteiger partial charge in [-0.2, -0.15) is 0 Å². The summed E-state index contributed by atoms with van der Waals surface area (Å²) >= 11 is 0. The zero-order valence-corrected chi connectivity index (χ0v) is 8.72. The van der Waals surface area contributed by atoms with E-state index >= 15 is 0 Å². The maximum Gasteiger partial charge on any atom is 0.263 e. The Bertz CT molecular complexity index is 471. The van der Waals surface area contributed by atoms with Crippen molar-refractivity contribution < 1.29 is 8.78 Å². The van der Waals surface area contributed by atoms with E-state index in [1.54, 1.807) is 12.1 Å². The number of benzene rings is 1. The second-order valence-corrected chi connectivity index (χ2v) is 4.00. The van der Waals surface area contributed by atoms with Gasteiger partial charge < -0.3 is 4.98 Å². The van der Waals surface area contributed by atoms with Gasteiger partial charge in [-0.25, -0.2) is 8.78 Å². The lowest BCUT2D eigenvalue weighted by Crippen LogP contribution is -1.86. The molecule has 0 unspecified atom stereocenters. The van der Waals surface area contributed by atoms with Crippen LogP contribution in [0.5, 0.6) is 0 Å². The van der Waals surface area contributed by atoms with Crippen molar-refractivity contribution in [1.29, 1.82) is 0 Å². The molecule has 0 aliphatic carbocycles. The van der Waals surface area contributed by atoms with Gasteiger partial charge in [0.15, 0.2) is 0 Å². The Hall–Kier alpha value is -1.38. The molecule has 0 spiro atoms. The fourth-order valence-electron chi connectivity index (χ4n) is 1.77. The van der Waals surface area contributed by atoms with Gasteiger partial charge in [0.2, 0.25) is 0 Å². The Balaban J connectivity index is 2.61. The standard InChI is InChI=1S/C12H13F2N/c1-7(2)10-6-15-11-4-3-8(12(13)14)5-9(10)11/h3-7,12,15H,1-2H3. The quantitative estimate of drug-likeness (QED) is 0.761. The molecule has 1 aromatic carbocycles. The van der Waals surface area contributed by atoms with E-state index in [2.05, 4.69) is 18.8 Å². The first kappa shape index (κ1) is 10.1. The third-order valence-corrected chi connectivity index (χ3v) is 2.61.